The van der Waals surface area contributed by atoms with Gasteiger partial charge in [-0.2, -0.15) is 0 Å². The number of hydrogen-bond acceptors (Lipinski definition) is 16. The molecule has 0 aromatic rings. The van der Waals surface area contributed by atoms with Gasteiger partial charge in [-0.1, -0.05) is 188 Å². The standard InChI is InChI=1S/C28H18S16/c1(3-15(19-29-5-6-30-19)13-17-37-25-26(38-17)42-23(41-25)21-33-9-10-34-21)2-4-16(20-31-7-8-32-20)14-18-39-27-28(40-18)44-24(43-27)22-35-11-12-36-22/h5-14H,1-4H2. The van der Waals surface area contributed by atoms with Gasteiger partial charge in [0, 0.05) is 0 Å². The fourth-order valence-corrected chi connectivity index (χ4v) is 24.9. The minimum Gasteiger partial charge on any atom is -0.0899 e. The lowest BCUT2D eigenvalue weighted by atomic mass is 10.1. The van der Waals surface area contributed by atoms with Crippen molar-refractivity contribution >= 4 is 188 Å². The Morgan fingerprint density at radius 1 is 0.364 bits per heavy atom. The first-order valence-corrected chi connectivity index (χ1v) is 26.5. The summed E-state index contributed by atoms with van der Waals surface area (Å²) in [5, 5.41) is 17.7. The first-order chi connectivity index (χ1) is 21.7. The van der Waals surface area contributed by atoms with E-state index >= 15 is 0 Å². The van der Waals surface area contributed by atoms with Crippen molar-refractivity contribution in [1.82, 2.24) is 0 Å². The third kappa shape index (κ3) is 8.17. The van der Waals surface area contributed by atoms with Crippen LogP contribution in [0.3, 0.4) is 0 Å². The van der Waals surface area contributed by atoms with Gasteiger partial charge in [0.15, 0.2) is 0 Å². The summed E-state index contributed by atoms with van der Waals surface area (Å²) in [6.45, 7) is 0. The summed E-state index contributed by atoms with van der Waals surface area (Å²) >= 11 is 30.8. The molecule has 8 aliphatic heterocycles. The van der Waals surface area contributed by atoms with Gasteiger partial charge < -0.3 is 0 Å². The van der Waals surface area contributed by atoms with E-state index in [0.717, 1.165) is 12.8 Å². The van der Waals surface area contributed by atoms with Crippen LogP contribution in [0, 0.1) is 0 Å². The molecule has 8 aliphatic rings. The summed E-state index contributed by atoms with van der Waals surface area (Å²) in [4.78, 5) is 0. The fraction of sp³-hybridized carbons (Fsp3) is 0.143. The van der Waals surface area contributed by atoms with Crippen LogP contribution in [0.1, 0.15) is 25.7 Å². The molecular weight excluding hydrogens is 849 g/mol. The Labute approximate surface area is 326 Å². The molecule has 0 nitrogen and oxygen atoms in total. The summed E-state index contributed by atoms with van der Waals surface area (Å²) < 4.78 is 17.5. The van der Waals surface area contributed by atoms with Crippen molar-refractivity contribution in [3.8, 4) is 0 Å². The van der Waals surface area contributed by atoms with E-state index in [0.29, 0.717) is 0 Å². The predicted octanol–water partition coefficient (Wildman–Crippen LogP) is 16.9. The average Bonchev–Trinajstić information content (AvgIpc) is 3.86. The van der Waals surface area contributed by atoms with E-state index in [1.54, 1.807) is 0 Å². The highest BCUT2D eigenvalue weighted by molar-refractivity contribution is 8.50. The molecule has 0 aromatic heterocycles. The maximum atomic E-state index is 2.50. The Morgan fingerprint density at radius 3 is 1.00 bits per heavy atom. The van der Waals surface area contributed by atoms with Crippen LogP contribution in [0.15, 0.2) is 117 Å². The monoisotopic (exact) mass is 866 g/mol. The van der Waals surface area contributed by atoms with E-state index in [1.807, 2.05) is 188 Å². The van der Waals surface area contributed by atoms with Crippen molar-refractivity contribution < 1.29 is 0 Å². The lowest BCUT2D eigenvalue weighted by Gasteiger charge is -2.11. The van der Waals surface area contributed by atoms with Gasteiger partial charge in [0.25, 0.3) is 0 Å². The maximum absolute atomic E-state index is 2.50. The first kappa shape index (κ1) is 33.6. The van der Waals surface area contributed by atoms with E-state index in [1.165, 1.54) is 74.8 Å². The second-order valence-electron chi connectivity index (χ2n) is 8.91. The second kappa shape index (κ2) is 16.2. The summed E-state index contributed by atoms with van der Waals surface area (Å²) in [5.41, 5.74) is 3.02. The lowest BCUT2D eigenvalue weighted by Crippen LogP contribution is -1.88. The molecule has 0 fully saturated rings. The van der Waals surface area contributed by atoms with Crippen LogP contribution in [0.25, 0.3) is 0 Å². The number of unbranched alkanes of at least 4 members (excludes halogenated alkanes) is 1. The molecule has 0 N–H and O–H groups in total. The summed E-state index contributed by atoms with van der Waals surface area (Å²) in [6, 6.07) is 0. The van der Waals surface area contributed by atoms with Gasteiger partial charge in [-0.3, -0.25) is 0 Å². The van der Waals surface area contributed by atoms with E-state index in [-0.39, 0.29) is 0 Å². The van der Waals surface area contributed by atoms with Crippen LogP contribution >= 0.6 is 188 Å². The molecule has 16 heteroatoms. The molecular formula is C28H18S16. The average molecular weight is 868 g/mol. The zero-order chi connectivity index (χ0) is 29.3. The Hall–Kier alpha value is 2.48. The second-order valence-corrected chi connectivity index (χ2v) is 27.6. The van der Waals surface area contributed by atoms with Gasteiger partial charge >= 0.3 is 0 Å². The van der Waals surface area contributed by atoms with Crippen LogP contribution in [-0.2, 0) is 0 Å². The van der Waals surface area contributed by atoms with Gasteiger partial charge in [0.2, 0.25) is 0 Å². The molecule has 0 saturated carbocycles. The van der Waals surface area contributed by atoms with Gasteiger partial charge in [-0.15, -0.1) is 0 Å². The summed E-state index contributed by atoms with van der Waals surface area (Å²) in [5.74, 6) is 0. The molecule has 0 aliphatic carbocycles. The van der Waals surface area contributed by atoms with Gasteiger partial charge in [0.1, 0.15) is 0 Å². The number of hydrogen-bond donors (Lipinski definition) is 0. The maximum Gasteiger partial charge on any atom is 0.0717 e. The van der Waals surface area contributed by atoms with E-state index in [4.69, 9.17) is 0 Å². The van der Waals surface area contributed by atoms with Crippen molar-refractivity contribution in [3.05, 3.63) is 117 Å². The summed E-state index contributed by atoms with van der Waals surface area (Å²) in [7, 11) is 0. The van der Waals surface area contributed by atoms with E-state index in [9.17, 15) is 0 Å². The topological polar surface area (TPSA) is 0 Å². The molecule has 44 heavy (non-hydrogen) atoms. The molecule has 0 spiro atoms. The molecule has 0 aromatic carbocycles. The highest BCUT2D eigenvalue weighted by atomic mass is 32.3. The predicted molar refractivity (Wildman–Crippen MR) is 235 cm³/mol. The quantitative estimate of drug-likeness (QED) is 0.223. The minimum absolute atomic E-state index is 1.13. The SMILES string of the molecule is C1=CSC(=C(C=C2SC3=C(S2)SC(=C2SC=CS2)S3)CCCCC(C=C2SC3=C(S2)SC(=C2SC=CS2)S3)=C2SC=CS2)S1. The van der Waals surface area contributed by atoms with Crippen LogP contribution < -0.4 is 0 Å². The Bertz CT molecular complexity index is 1450. The van der Waals surface area contributed by atoms with Crippen LogP contribution in [0.5, 0.6) is 0 Å². The molecule has 0 saturated heterocycles. The van der Waals surface area contributed by atoms with Crippen LogP contribution in [-0.4, -0.2) is 0 Å². The molecule has 0 bridgehead atoms. The molecule has 0 unspecified atom stereocenters. The smallest absolute Gasteiger partial charge is 0.0717 e. The number of allylic oxidation sites excluding steroid dienone is 4. The van der Waals surface area contributed by atoms with E-state index in [2.05, 4.69) is 55.4 Å². The zero-order valence-corrected chi connectivity index (χ0v) is 35.2. The van der Waals surface area contributed by atoms with Crippen LogP contribution in [0.4, 0.5) is 0 Å². The van der Waals surface area contributed by atoms with Crippen LogP contribution in [0.2, 0.25) is 0 Å². The highest BCUT2D eigenvalue weighted by Crippen LogP contribution is 2.70. The zero-order valence-electron chi connectivity index (χ0n) is 22.1. The Morgan fingerprint density at radius 2 is 0.659 bits per heavy atom. The van der Waals surface area contributed by atoms with Crippen molar-refractivity contribution in [2.75, 3.05) is 0 Å². The van der Waals surface area contributed by atoms with Crippen molar-refractivity contribution in [2.45, 2.75) is 25.7 Å². The van der Waals surface area contributed by atoms with Crippen molar-refractivity contribution in [2.24, 2.45) is 0 Å². The largest absolute Gasteiger partial charge is 0.0899 e. The van der Waals surface area contributed by atoms with Gasteiger partial charge in [-0.05, 0) is 92.2 Å². The molecule has 0 atom stereocenters. The van der Waals surface area contributed by atoms with Gasteiger partial charge in [0.05, 0.1) is 50.8 Å². The molecule has 226 valence electrons. The summed E-state index contributed by atoms with van der Waals surface area (Å²) in [6.07, 6.45) is 9.67. The molecule has 8 rings (SSSR count). The number of thioether (sulfide) groups is 16. The fourth-order valence-electron chi connectivity index (χ4n) is 4.19. The number of rotatable bonds is 7. The third-order valence-corrected chi connectivity index (χ3v) is 26.8. The minimum atomic E-state index is 1.13. The molecule has 0 amide bonds. The van der Waals surface area contributed by atoms with Crippen molar-refractivity contribution in [3.63, 3.8) is 0 Å². The van der Waals surface area contributed by atoms with Gasteiger partial charge in [-0.25, -0.2) is 0 Å². The Kier molecular flexibility index (Phi) is 12.4. The Balaban J connectivity index is 0.883. The normalized spacial score (nSPS) is 23.7. The first-order valence-electron chi connectivity index (χ1n) is 13.0. The molecule has 0 radical (unpaired) electrons. The van der Waals surface area contributed by atoms with E-state index < -0.39 is 0 Å². The lowest BCUT2D eigenvalue weighted by molar-refractivity contribution is 0.739. The highest BCUT2D eigenvalue weighted by Gasteiger charge is 2.34. The van der Waals surface area contributed by atoms with Crippen molar-refractivity contribution in [1.29, 1.82) is 0 Å². The molecule has 8 heterocycles. The third-order valence-electron chi connectivity index (χ3n) is 6.06.